The number of nitrogen functional groups attached to an aromatic ring is 1. The molecule has 2 aromatic heterocycles. The normalized spacial score (nSPS) is 11.0. The predicted octanol–water partition coefficient (Wildman–Crippen LogP) is 4.89. The third kappa shape index (κ3) is 3.21. The van der Waals surface area contributed by atoms with Crippen molar-refractivity contribution in [3.8, 4) is 11.8 Å². The van der Waals surface area contributed by atoms with E-state index in [2.05, 4.69) is 34.2 Å². The summed E-state index contributed by atoms with van der Waals surface area (Å²) >= 11 is 0. The van der Waals surface area contributed by atoms with Gasteiger partial charge in [0.15, 0.2) is 0 Å². The number of benzene rings is 2. The lowest BCUT2D eigenvalue weighted by Crippen LogP contribution is -2.04. The Labute approximate surface area is 169 Å². The maximum atomic E-state index is 9.86. The molecule has 0 bridgehead atoms. The molecule has 0 unspecified atom stereocenters. The summed E-state index contributed by atoms with van der Waals surface area (Å²) in [7, 11) is 2.02. The second-order valence-corrected chi connectivity index (χ2v) is 6.94. The molecule has 0 fully saturated rings. The van der Waals surface area contributed by atoms with E-state index in [1.54, 1.807) is 0 Å². The number of anilines is 3. The van der Waals surface area contributed by atoms with Crippen LogP contribution in [0.1, 0.15) is 25.1 Å². The lowest BCUT2D eigenvalue weighted by molar-refractivity contribution is 0.342. The van der Waals surface area contributed by atoms with E-state index in [-0.39, 0.29) is 0 Å². The van der Waals surface area contributed by atoms with Crippen LogP contribution < -0.4 is 15.8 Å². The lowest BCUT2D eigenvalue weighted by atomic mass is 10.0. The minimum Gasteiger partial charge on any atom is -0.492 e. The van der Waals surface area contributed by atoms with Crippen molar-refractivity contribution in [2.24, 2.45) is 7.05 Å². The van der Waals surface area contributed by atoms with Gasteiger partial charge in [-0.15, -0.1) is 0 Å². The Morgan fingerprint density at radius 2 is 2.03 bits per heavy atom. The number of rotatable bonds is 5. The molecule has 6 heteroatoms. The van der Waals surface area contributed by atoms with E-state index in [9.17, 15) is 5.26 Å². The number of ether oxygens (including phenoxy) is 1. The molecule has 3 N–H and O–H groups in total. The van der Waals surface area contributed by atoms with Crippen molar-refractivity contribution in [2.45, 2.75) is 20.3 Å². The Morgan fingerprint density at radius 1 is 1.21 bits per heavy atom. The van der Waals surface area contributed by atoms with Crippen LogP contribution in [0.5, 0.6) is 5.75 Å². The zero-order valence-electron chi connectivity index (χ0n) is 16.8. The third-order valence-corrected chi connectivity index (χ3v) is 5.09. The summed E-state index contributed by atoms with van der Waals surface area (Å²) in [4.78, 5) is 4.70. The SMILES string of the molecule is CCOc1cc2nc(CC)c(C#N)c(Nc3ccc4c(ccn4C)c3)c2cc1N. The second-order valence-electron chi connectivity index (χ2n) is 6.94. The fraction of sp³-hybridized carbons (Fsp3) is 0.217. The highest BCUT2D eigenvalue weighted by atomic mass is 16.5. The van der Waals surface area contributed by atoms with Crippen LogP contribution in [0.25, 0.3) is 21.8 Å². The van der Waals surface area contributed by atoms with Crippen LogP contribution in [0, 0.1) is 11.3 Å². The summed E-state index contributed by atoms with van der Waals surface area (Å²) < 4.78 is 7.71. The van der Waals surface area contributed by atoms with Gasteiger partial charge < -0.3 is 20.4 Å². The van der Waals surface area contributed by atoms with Gasteiger partial charge in [-0.05, 0) is 43.7 Å². The second kappa shape index (κ2) is 7.36. The molecule has 0 aliphatic heterocycles. The van der Waals surface area contributed by atoms with E-state index < -0.39 is 0 Å². The van der Waals surface area contributed by atoms with Gasteiger partial charge in [-0.3, -0.25) is 4.98 Å². The van der Waals surface area contributed by atoms with E-state index in [1.807, 2.05) is 45.3 Å². The molecule has 0 radical (unpaired) electrons. The zero-order chi connectivity index (χ0) is 20.5. The van der Waals surface area contributed by atoms with Gasteiger partial charge in [0.2, 0.25) is 0 Å². The monoisotopic (exact) mass is 385 g/mol. The summed E-state index contributed by atoms with van der Waals surface area (Å²) in [6.07, 6.45) is 2.68. The van der Waals surface area contributed by atoms with Crippen LogP contribution in [-0.2, 0) is 13.5 Å². The molecule has 0 aliphatic carbocycles. The quantitative estimate of drug-likeness (QED) is 0.478. The van der Waals surface area contributed by atoms with Crippen molar-refractivity contribution >= 4 is 38.9 Å². The van der Waals surface area contributed by atoms with E-state index in [0.29, 0.717) is 30.0 Å². The van der Waals surface area contributed by atoms with Gasteiger partial charge in [0, 0.05) is 41.3 Å². The summed E-state index contributed by atoms with van der Waals surface area (Å²) in [6, 6.07) is 14.2. The number of nitrogens with zero attached hydrogens (tertiary/aromatic N) is 3. The fourth-order valence-electron chi connectivity index (χ4n) is 3.65. The number of aryl methyl sites for hydroxylation is 2. The van der Waals surface area contributed by atoms with Crippen molar-refractivity contribution in [2.75, 3.05) is 17.7 Å². The van der Waals surface area contributed by atoms with E-state index in [1.165, 1.54) is 0 Å². The maximum Gasteiger partial charge on any atom is 0.144 e. The number of hydrogen-bond acceptors (Lipinski definition) is 5. The molecule has 0 atom stereocenters. The lowest BCUT2D eigenvalue weighted by Gasteiger charge is -2.16. The Hall–Kier alpha value is -3.72. The van der Waals surface area contributed by atoms with Gasteiger partial charge in [0.1, 0.15) is 11.8 Å². The van der Waals surface area contributed by atoms with Crippen molar-refractivity contribution in [3.05, 3.63) is 53.9 Å². The number of nitrogens with one attached hydrogen (secondary N) is 1. The number of nitriles is 1. The molecule has 0 spiro atoms. The first-order valence-electron chi connectivity index (χ1n) is 9.66. The van der Waals surface area contributed by atoms with Gasteiger partial charge >= 0.3 is 0 Å². The Kier molecular flexibility index (Phi) is 4.73. The summed E-state index contributed by atoms with van der Waals surface area (Å²) in [5, 5.41) is 15.2. The highest BCUT2D eigenvalue weighted by Crippen LogP contribution is 2.36. The molecule has 2 aromatic carbocycles. The molecule has 6 nitrogen and oxygen atoms in total. The zero-order valence-corrected chi connectivity index (χ0v) is 16.8. The summed E-state index contributed by atoms with van der Waals surface area (Å²) in [5.41, 5.74) is 11.5. The predicted molar refractivity (Wildman–Crippen MR) is 118 cm³/mol. The molecular formula is C23H23N5O. The Bertz CT molecular complexity index is 1270. The molecular weight excluding hydrogens is 362 g/mol. The average molecular weight is 385 g/mol. The standard InChI is InChI=1S/C23H23N5O/c1-4-19-17(13-24)23(16-11-18(25)22(29-5-2)12-20(16)27-19)26-15-6-7-21-14(10-15)8-9-28(21)3/h6-12H,4-5,25H2,1-3H3,(H,26,27). The molecule has 0 saturated carbocycles. The largest absolute Gasteiger partial charge is 0.492 e. The number of hydrogen-bond donors (Lipinski definition) is 2. The number of aromatic nitrogens is 2. The van der Waals surface area contributed by atoms with Gasteiger partial charge in [-0.2, -0.15) is 5.26 Å². The Balaban J connectivity index is 1.92. The Morgan fingerprint density at radius 3 is 2.76 bits per heavy atom. The first kappa shape index (κ1) is 18.6. The fourth-order valence-corrected chi connectivity index (χ4v) is 3.65. The number of pyridine rings is 1. The van der Waals surface area contributed by atoms with Crippen molar-refractivity contribution < 1.29 is 4.74 Å². The van der Waals surface area contributed by atoms with Crippen LogP contribution in [0.3, 0.4) is 0 Å². The van der Waals surface area contributed by atoms with Crippen molar-refractivity contribution in [1.82, 2.24) is 9.55 Å². The molecule has 0 saturated heterocycles. The minimum absolute atomic E-state index is 0.523. The van der Waals surface area contributed by atoms with Gasteiger partial charge in [-0.25, -0.2) is 0 Å². The molecule has 4 aromatic rings. The van der Waals surface area contributed by atoms with Gasteiger partial charge in [-0.1, -0.05) is 6.92 Å². The van der Waals surface area contributed by atoms with Gasteiger partial charge in [0.25, 0.3) is 0 Å². The maximum absolute atomic E-state index is 9.86. The first-order valence-corrected chi connectivity index (χ1v) is 9.66. The van der Waals surface area contributed by atoms with Crippen LogP contribution >= 0.6 is 0 Å². The molecule has 0 aliphatic rings. The third-order valence-electron chi connectivity index (χ3n) is 5.09. The first-order chi connectivity index (χ1) is 14.0. The smallest absolute Gasteiger partial charge is 0.144 e. The van der Waals surface area contributed by atoms with Crippen LogP contribution in [0.15, 0.2) is 42.6 Å². The number of fused-ring (bicyclic) bond motifs is 2. The molecule has 2 heterocycles. The van der Waals surface area contributed by atoms with E-state index >= 15 is 0 Å². The van der Waals surface area contributed by atoms with Crippen molar-refractivity contribution in [3.63, 3.8) is 0 Å². The molecule has 29 heavy (non-hydrogen) atoms. The van der Waals surface area contributed by atoms with Crippen molar-refractivity contribution in [1.29, 1.82) is 5.26 Å². The molecule has 4 rings (SSSR count). The average Bonchev–Trinajstić information content (AvgIpc) is 3.09. The topological polar surface area (TPSA) is 88.9 Å². The van der Waals surface area contributed by atoms with E-state index in [0.717, 1.165) is 38.9 Å². The number of nitrogens with two attached hydrogens (primary N) is 1. The van der Waals surface area contributed by atoms with Crippen LogP contribution in [0.2, 0.25) is 0 Å². The minimum atomic E-state index is 0.523. The van der Waals surface area contributed by atoms with Crippen LogP contribution in [-0.4, -0.2) is 16.2 Å². The molecule has 146 valence electrons. The molecule has 0 amide bonds. The summed E-state index contributed by atoms with van der Waals surface area (Å²) in [6.45, 7) is 4.43. The highest BCUT2D eigenvalue weighted by Gasteiger charge is 2.17. The van der Waals surface area contributed by atoms with E-state index in [4.69, 9.17) is 15.5 Å². The highest BCUT2D eigenvalue weighted by molar-refractivity contribution is 6.00. The summed E-state index contributed by atoms with van der Waals surface area (Å²) in [5.74, 6) is 0.607. The van der Waals surface area contributed by atoms with Crippen LogP contribution in [0.4, 0.5) is 17.1 Å². The van der Waals surface area contributed by atoms with Gasteiger partial charge in [0.05, 0.1) is 34.8 Å².